The Kier molecular flexibility index (Phi) is 7.28. The highest BCUT2D eigenvalue weighted by Crippen LogP contribution is 2.37. The van der Waals surface area contributed by atoms with Crippen LogP contribution < -0.4 is 0 Å². The fourth-order valence-electron chi connectivity index (χ4n) is 4.63. The molecule has 11 heteroatoms. The molecule has 1 unspecified atom stereocenters. The van der Waals surface area contributed by atoms with Gasteiger partial charge in [0.2, 0.25) is 5.91 Å². The zero-order valence-corrected chi connectivity index (χ0v) is 18.3. The smallest absolute Gasteiger partial charge is 0.282 e. The van der Waals surface area contributed by atoms with Crippen LogP contribution >= 0.6 is 0 Å². The third-order valence-electron chi connectivity index (χ3n) is 6.51. The molecule has 0 radical (unpaired) electrons. The van der Waals surface area contributed by atoms with E-state index >= 15 is 0 Å². The Bertz CT molecular complexity index is 684. The highest BCUT2D eigenvalue weighted by Gasteiger charge is 2.44. The lowest BCUT2D eigenvalue weighted by atomic mass is 9.84. The molecular formula is C19H33N3O7S. The van der Waals surface area contributed by atoms with E-state index in [4.69, 9.17) is 18.9 Å². The first-order valence-corrected chi connectivity index (χ1v) is 12.3. The van der Waals surface area contributed by atoms with Crippen LogP contribution in [0.2, 0.25) is 0 Å². The van der Waals surface area contributed by atoms with Gasteiger partial charge in [-0.3, -0.25) is 4.79 Å². The minimum Gasteiger partial charge on any atom is -0.379 e. The molecule has 1 spiro atoms. The third kappa shape index (κ3) is 5.14. The van der Waals surface area contributed by atoms with Crippen LogP contribution in [0.4, 0.5) is 0 Å². The molecule has 10 nitrogen and oxygen atoms in total. The molecule has 1 atom stereocenters. The van der Waals surface area contributed by atoms with Crippen molar-refractivity contribution in [1.29, 1.82) is 0 Å². The second-order valence-electron chi connectivity index (χ2n) is 8.37. The molecule has 4 rings (SSSR count). The summed E-state index contributed by atoms with van der Waals surface area (Å²) in [5.74, 6) is 0.00488. The molecule has 4 heterocycles. The van der Waals surface area contributed by atoms with Gasteiger partial charge in [0.05, 0.1) is 38.1 Å². The van der Waals surface area contributed by atoms with E-state index in [-0.39, 0.29) is 24.2 Å². The lowest BCUT2D eigenvalue weighted by Crippen LogP contribution is -2.55. The Morgan fingerprint density at radius 2 is 1.50 bits per heavy atom. The van der Waals surface area contributed by atoms with Crippen LogP contribution in [0.25, 0.3) is 0 Å². The van der Waals surface area contributed by atoms with Crippen molar-refractivity contribution in [3.8, 4) is 0 Å². The summed E-state index contributed by atoms with van der Waals surface area (Å²) < 4.78 is 51.5. The molecule has 172 valence electrons. The van der Waals surface area contributed by atoms with E-state index < -0.39 is 10.2 Å². The highest BCUT2D eigenvalue weighted by atomic mass is 32.2. The van der Waals surface area contributed by atoms with Gasteiger partial charge in [-0.25, -0.2) is 0 Å². The van der Waals surface area contributed by atoms with Crippen LogP contribution in [0, 0.1) is 0 Å². The summed E-state index contributed by atoms with van der Waals surface area (Å²) in [5.41, 5.74) is -0.359. The van der Waals surface area contributed by atoms with E-state index in [9.17, 15) is 13.2 Å². The van der Waals surface area contributed by atoms with Crippen molar-refractivity contribution in [1.82, 2.24) is 13.5 Å². The number of piperidine rings is 1. The summed E-state index contributed by atoms with van der Waals surface area (Å²) in [6, 6.07) is 0. The van der Waals surface area contributed by atoms with Gasteiger partial charge < -0.3 is 23.8 Å². The maximum absolute atomic E-state index is 12.9. The number of ether oxygens (including phenoxy) is 4. The second-order valence-corrected chi connectivity index (χ2v) is 10.3. The van der Waals surface area contributed by atoms with Gasteiger partial charge in [-0.05, 0) is 19.3 Å². The Morgan fingerprint density at radius 1 is 0.900 bits per heavy atom. The van der Waals surface area contributed by atoms with Gasteiger partial charge in [0.25, 0.3) is 10.2 Å². The van der Waals surface area contributed by atoms with E-state index in [1.807, 2.05) is 0 Å². The third-order valence-corrected chi connectivity index (χ3v) is 8.55. The average molecular weight is 448 g/mol. The fraction of sp³-hybridized carbons (Fsp3) is 0.947. The first-order valence-electron chi connectivity index (χ1n) is 10.9. The summed E-state index contributed by atoms with van der Waals surface area (Å²) in [6.07, 6.45) is 2.72. The predicted octanol–water partition coefficient (Wildman–Crippen LogP) is -0.548. The summed E-state index contributed by atoms with van der Waals surface area (Å²) in [6.45, 7) is 5.65. The molecule has 0 saturated carbocycles. The molecule has 0 bridgehead atoms. The zero-order valence-electron chi connectivity index (χ0n) is 17.5. The van der Waals surface area contributed by atoms with Crippen LogP contribution in [0.15, 0.2) is 0 Å². The molecule has 4 saturated heterocycles. The first kappa shape index (κ1) is 22.4. The Hall–Kier alpha value is -0.820. The summed E-state index contributed by atoms with van der Waals surface area (Å²) in [7, 11) is -3.45. The molecule has 4 fully saturated rings. The van der Waals surface area contributed by atoms with Crippen molar-refractivity contribution in [2.75, 3.05) is 78.9 Å². The molecular weight excluding hydrogens is 414 g/mol. The lowest BCUT2D eigenvalue weighted by molar-refractivity contribution is -0.162. The Labute approximate surface area is 178 Å². The summed E-state index contributed by atoms with van der Waals surface area (Å²) >= 11 is 0. The number of nitrogens with zero attached hydrogens (tertiary/aromatic N) is 3. The number of rotatable bonds is 5. The molecule has 30 heavy (non-hydrogen) atoms. The Morgan fingerprint density at radius 3 is 2.17 bits per heavy atom. The molecule has 0 aliphatic carbocycles. The van der Waals surface area contributed by atoms with E-state index in [0.29, 0.717) is 91.6 Å². The van der Waals surface area contributed by atoms with Crippen LogP contribution in [-0.2, 0) is 34.0 Å². The normalized spacial score (nSPS) is 29.2. The standard InChI is InChI=1S/C19H33N3O7S/c23-18(20-6-11-26-12-7-20)16-28-17-1-10-29-19(15-17)2-4-21(5-3-19)30(24,25)22-8-13-27-14-9-22/h17H,1-16H2. The number of hydrogen-bond acceptors (Lipinski definition) is 7. The number of carbonyl (C=O) groups is 1. The average Bonchev–Trinajstić information content (AvgIpc) is 2.79. The maximum Gasteiger partial charge on any atom is 0.282 e. The topological polar surface area (TPSA) is 97.8 Å². The van der Waals surface area contributed by atoms with Crippen LogP contribution in [-0.4, -0.2) is 118 Å². The quantitative estimate of drug-likeness (QED) is 0.558. The fourth-order valence-corrected chi connectivity index (χ4v) is 6.21. The van der Waals surface area contributed by atoms with E-state index in [2.05, 4.69) is 0 Å². The van der Waals surface area contributed by atoms with Gasteiger partial charge in [0.15, 0.2) is 0 Å². The predicted molar refractivity (Wildman–Crippen MR) is 107 cm³/mol. The van der Waals surface area contributed by atoms with E-state index in [0.717, 1.165) is 6.42 Å². The molecule has 0 N–H and O–H groups in total. The van der Waals surface area contributed by atoms with Crippen molar-refractivity contribution < 1.29 is 32.2 Å². The second kappa shape index (κ2) is 9.76. The minimum atomic E-state index is -3.45. The van der Waals surface area contributed by atoms with Crippen molar-refractivity contribution in [2.24, 2.45) is 0 Å². The number of carbonyl (C=O) groups excluding carboxylic acids is 1. The van der Waals surface area contributed by atoms with Gasteiger partial charge >= 0.3 is 0 Å². The van der Waals surface area contributed by atoms with E-state index in [1.165, 1.54) is 4.31 Å². The molecule has 0 aromatic carbocycles. The molecule has 0 aromatic rings. The highest BCUT2D eigenvalue weighted by molar-refractivity contribution is 7.86. The summed E-state index contributed by atoms with van der Waals surface area (Å²) in [4.78, 5) is 14.1. The molecule has 1 amide bonds. The lowest BCUT2D eigenvalue weighted by Gasteiger charge is -2.46. The Balaban J connectivity index is 1.26. The van der Waals surface area contributed by atoms with Crippen LogP contribution in [0.5, 0.6) is 0 Å². The van der Waals surface area contributed by atoms with Gasteiger partial charge in [-0.2, -0.15) is 17.0 Å². The maximum atomic E-state index is 12.9. The first-order chi connectivity index (χ1) is 14.5. The van der Waals surface area contributed by atoms with Crippen molar-refractivity contribution >= 4 is 16.1 Å². The van der Waals surface area contributed by atoms with Crippen molar-refractivity contribution in [3.63, 3.8) is 0 Å². The number of morpholine rings is 2. The van der Waals surface area contributed by atoms with Gasteiger partial charge in [-0.15, -0.1) is 0 Å². The summed E-state index contributed by atoms with van der Waals surface area (Å²) in [5, 5.41) is 0. The monoisotopic (exact) mass is 447 g/mol. The van der Waals surface area contributed by atoms with Crippen LogP contribution in [0.1, 0.15) is 25.7 Å². The number of amides is 1. The molecule has 0 aromatic heterocycles. The molecule has 4 aliphatic rings. The minimum absolute atomic E-state index is 0.00488. The van der Waals surface area contributed by atoms with Gasteiger partial charge in [-0.1, -0.05) is 0 Å². The zero-order chi connectivity index (χ0) is 21.0. The van der Waals surface area contributed by atoms with Crippen LogP contribution in [0.3, 0.4) is 0 Å². The van der Waals surface area contributed by atoms with E-state index in [1.54, 1.807) is 9.21 Å². The van der Waals surface area contributed by atoms with Crippen molar-refractivity contribution in [2.45, 2.75) is 37.4 Å². The van der Waals surface area contributed by atoms with Crippen molar-refractivity contribution in [3.05, 3.63) is 0 Å². The molecule has 4 aliphatic heterocycles. The van der Waals surface area contributed by atoms with Gasteiger partial charge in [0, 0.05) is 52.3 Å². The van der Waals surface area contributed by atoms with Gasteiger partial charge in [0.1, 0.15) is 6.61 Å². The SMILES string of the molecule is O=C(COC1CCOC2(CCN(S(=O)(=O)N3CCOCC3)CC2)C1)N1CCOCC1. The number of hydrogen-bond donors (Lipinski definition) is 0. The largest absolute Gasteiger partial charge is 0.379 e.